The first kappa shape index (κ1) is 50.6. The number of nitrogens with zero attached hydrogens (tertiary/aromatic N) is 3. The number of aromatic nitrogens is 3. The lowest BCUT2D eigenvalue weighted by molar-refractivity contribution is -0.172. The summed E-state index contributed by atoms with van der Waals surface area (Å²) in [5, 5.41) is 13.3. The molecule has 0 aliphatic rings. The van der Waals surface area contributed by atoms with E-state index in [1.165, 1.54) is 31.3 Å². The number of esters is 4. The highest BCUT2D eigenvalue weighted by atomic mass is 31.2. The Balaban J connectivity index is 2.95. The number of amides is 2. The summed E-state index contributed by atoms with van der Waals surface area (Å²) in [7, 11) is -1.48. The van der Waals surface area contributed by atoms with Crippen LogP contribution in [0.25, 0.3) is 0 Å². The molecule has 3 atom stereocenters. The molecule has 0 saturated heterocycles. The zero-order valence-electron chi connectivity index (χ0n) is 33.8. The Labute approximate surface area is 334 Å². The van der Waals surface area contributed by atoms with Crippen molar-refractivity contribution in [1.82, 2.24) is 25.6 Å². The minimum atomic E-state index is -3.01. The summed E-state index contributed by atoms with van der Waals surface area (Å²) in [5.41, 5.74) is 0.232. The van der Waals surface area contributed by atoms with Crippen LogP contribution < -0.4 is 10.6 Å². The molecule has 20 heteroatoms. The zero-order chi connectivity index (χ0) is 42.5. The molecule has 1 aromatic rings. The van der Waals surface area contributed by atoms with Crippen LogP contribution in [0.4, 0.5) is 0 Å². The topological polar surface area (TPSA) is 239 Å². The number of nitrogens with one attached hydrogen (secondary N) is 2. The standard InChI is InChI=1S/C37H60N5O14P/c1-7-10-14-35(46)55-30(31(27-54-57(5,6)49)56-36(47)15-11-8-2)25-42-24-28(40-41-42)26-53-34(45)18-17-29(37(48)38-19-21-51-23-22-50-4)39-32(43)13-12-16-33(44)52-20-9-3/h3,24,29-31H,7-8,10-23,25-27H2,1-2,4-6H3,(H,38,48)(H,39,43)/t29?,30-,31-/m0/s1. The largest absolute Gasteiger partial charge is 0.459 e. The van der Waals surface area contributed by atoms with Crippen LogP contribution in [0.3, 0.4) is 0 Å². The van der Waals surface area contributed by atoms with Gasteiger partial charge in [-0.1, -0.05) is 37.8 Å². The van der Waals surface area contributed by atoms with Crippen LogP contribution >= 0.6 is 7.37 Å². The van der Waals surface area contributed by atoms with E-state index in [0.29, 0.717) is 26.1 Å². The molecule has 322 valence electrons. The van der Waals surface area contributed by atoms with Crippen molar-refractivity contribution < 1.29 is 66.3 Å². The number of rotatable bonds is 32. The van der Waals surface area contributed by atoms with Crippen molar-refractivity contribution in [1.29, 1.82) is 0 Å². The molecule has 1 aromatic heterocycles. The molecule has 2 amide bonds. The summed E-state index contributed by atoms with van der Waals surface area (Å²) in [6.07, 6.45) is 6.92. The van der Waals surface area contributed by atoms with Gasteiger partial charge in [-0.05, 0) is 25.7 Å². The second-order valence-electron chi connectivity index (χ2n) is 13.2. The van der Waals surface area contributed by atoms with Gasteiger partial charge in [-0.2, -0.15) is 0 Å². The molecule has 0 aromatic carbocycles. The van der Waals surface area contributed by atoms with E-state index in [1.54, 1.807) is 0 Å². The molecule has 2 N–H and O–H groups in total. The summed E-state index contributed by atoms with van der Waals surface area (Å²) >= 11 is 0. The lowest BCUT2D eigenvalue weighted by atomic mass is 10.1. The summed E-state index contributed by atoms with van der Waals surface area (Å²) in [4.78, 5) is 75.4. The van der Waals surface area contributed by atoms with Gasteiger partial charge >= 0.3 is 23.9 Å². The lowest BCUT2D eigenvalue weighted by Gasteiger charge is -2.27. The van der Waals surface area contributed by atoms with Crippen LogP contribution in [0.15, 0.2) is 6.20 Å². The average molecular weight is 830 g/mol. The van der Waals surface area contributed by atoms with Crippen molar-refractivity contribution in [3.63, 3.8) is 0 Å². The summed E-state index contributed by atoms with van der Waals surface area (Å²) in [6, 6.07) is -1.10. The number of hydrogen-bond donors (Lipinski definition) is 2. The van der Waals surface area contributed by atoms with Crippen LogP contribution in [0, 0.1) is 12.3 Å². The summed E-state index contributed by atoms with van der Waals surface area (Å²) < 4.78 is 51.0. The van der Waals surface area contributed by atoms with Crippen molar-refractivity contribution in [3.05, 3.63) is 11.9 Å². The number of hydrogen-bond acceptors (Lipinski definition) is 16. The number of ether oxygens (including phenoxy) is 6. The summed E-state index contributed by atoms with van der Waals surface area (Å²) in [5.74, 6) is -1.19. The minimum Gasteiger partial charge on any atom is -0.459 e. The fraction of sp³-hybridized carbons (Fsp3) is 0.730. The number of terminal acetylenes is 1. The number of unbranched alkanes of at least 4 members (excludes halogenated alkanes) is 2. The maximum Gasteiger partial charge on any atom is 0.306 e. The quantitative estimate of drug-likeness (QED) is 0.0349. The monoisotopic (exact) mass is 829 g/mol. The van der Waals surface area contributed by atoms with E-state index in [9.17, 15) is 33.3 Å². The highest BCUT2D eigenvalue weighted by molar-refractivity contribution is 7.57. The molecule has 0 aliphatic carbocycles. The summed E-state index contributed by atoms with van der Waals surface area (Å²) in [6.45, 7) is 6.83. The van der Waals surface area contributed by atoms with Gasteiger partial charge in [0, 0.05) is 59.1 Å². The van der Waals surface area contributed by atoms with Gasteiger partial charge in [0.2, 0.25) is 11.8 Å². The Morgan fingerprint density at radius 2 is 1.51 bits per heavy atom. The molecule has 19 nitrogen and oxygen atoms in total. The van der Waals surface area contributed by atoms with E-state index in [0.717, 1.165) is 12.8 Å². The lowest BCUT2D eigenvalue weighted by Crippen LogP contribution is -2.47. The normalized spacial score (nSPS) is 12.7. The molecule has 1 unspecified atom stereocenters. The molecule has 0 radical (unpaired) electrons. The van der Waals surface area contributed by atoms with Gasteiger partial charge in [0.15, 0.2) is 26.2 Å². The zero-order valence-corrected chi connectivity index (χ0v) is 34.7. The van der Waals surface area contributed by atoms with Gasteiger partial charge in [0.25, 0.3) is 0 Å². The van der Waals surface area contributed by atoms with E-state index >= 15 is 0 Å². The molecular weight excluding hydrogens is 769 g/mol. The van der Waals surface area contributed by atoms with Crippen LogP contribution in [0.2, 0.25) is 0 Å². The first-order valence-electron chi connectivity index (χ1n) is 19.1. The Bertz CT molecular complexity index is 1480. The Morgan fingerprint density at radius 1 is 0.860 bits per heavy atom. The van der Waals surface area contributed by atoms with Crippen LogP contribution in [-0.4, -0.2) is 129 Å². The molecule has 0 bridgehead atoms. The van der Waals surface area contributed by atoms with Crippen LogP contribution in [0.1, 0.15) is 90.2 Å². The molecule has 0 fully saturated rings. The van der Waals surface area contributed by atoms with Gasteiger partial charge in [-0.3, -0.25) is 33.3 Å². The smallest absolute Gasteiger partial charge is 0.306 e. The van der Waals surface area contributed by atoms with E-state index in [-0.39, 0.29) is 90.2 Å². The average Bonchev–Trinajstić information content (AvgIpc) is 3.62. The SMILES string of the molecule is C#CCOC(=O)CCCC(=O)NC(CCC(=O)OCc1cn(C[C@H](OC(=O)CCCC)[C@H](COP(C)(C)=O)OC(=O)CCCC)nn1)C(=O)NCCOCCOC. The molecular formula is C37H60N5O14P. The third-order valence-corrected chi connectivity index (χ3v) is 8.47. The van der Waals surface area contributed by atoms with Gasteiger partial charge in [-0.15, -0.1) is 11.5 Å². The number of carbonyl (C=O) groups is 6. The van der Waals surface area contributed by atoms with E-state index in [1.807, 2.05) is 13.8 Å². The second kappa shape index (κ2) is 29.8. The highest BCUT2D eigenvalue weighted by Gasteiger charge is 2.32. The van der Waals surface area contributed by atoms with Gasteiger partial charge < -0.3 is 43.6 Å². The fourth-order valence-corrected chi connectivity index (χ4v) is 5.21. The predicted octanol–water partition coefficient (Wildman–Crippen LogP) is 2.47. The first-order valence-corrected chi connectivity index (χ1v) is 21.6. The van der Waals surface area contributed by atoms with E-state index in [4.69, 9.17) is 39.4 Å². The minimum absolute atomic E-state index is 0.0468. The molecule has 1 heterocycles. The second-order valence-corrected chi connectivity index (χ2v) is 15.9. The van der Waals surface area contributed by atoms with Crippen molar-refractivity contribution in [2.75, 3.05) is 60.0 Å². The van der Waals surface area contributed by atoms with Gasteiger partial charge in [0.05, 0.1) is 39.2 Å². The molecule has 57 heavy (non-hydrogen) atoms. The third-order valence-electron chi connectivity index (χ3n) is 7.70. The molecule has 0 saturated carbocycles. The molecule has 1 rings (SSSR count). The highest BCUT2D eigenvalue weighted by Crippen LogP contribution is 2.37. The maximum atomic E-state index is 13.0. The third kappa shape index (κ3) is 25.5. The van der Waals surface area contributed by atoms with Crippen molar-refractivity contribution in [2.45, 2.75) is 116 Å². The number of methoxy groups -OCH3 is 1. The van der Waals surface area contributed by atoms with Gasteiger partial charge in [0.1, 0.15) is 18.3 Å². The van der Waals surface area contributed by atoms with Crippen LogP contribution in [-0.2, 0) is 79.4 Å². The Morgan fingerprint density at radius 3 is 2.14 bits per heavy atom. The van der Waals surface area contributed by atoms with Gasteiger partial charge in [-0.25, -0.2) is 4.68 Å². The van der Waals surface area contributed by atoms with E-state index in [2.05, 4.69) is 26.9 Å². The Hall–Kier alpha value is -4.37. The molecule has 0 aliphatic heterocycles. The number of carbonyl (C=O) groups excluding carboxylic acids is 6. The molecule has 0 spiro atoms. The first-order chi connectivity index (χ1) is 27.2. The predicted molar refractivity (Wildman–Crippen MR) is 205 cm³/mol. The fourth-order valence-electron chi connectivity index (χ4n) is 4.70. The Kier molecular flexibility index (Phi) is 26.5. The maximum absolute atomic E-state index is 13.0. The van der Waals surface area contributed by atoms with E-state index < -0.39 is 61.3 Å². The van der Waals surface area contributed by atoms with Crippen LogP contribution in [0.5, 0.6) is 0 Å². The van der Waals surface area contributed by atoms with Crippen molar-refractivity contribution >= 4 is 43.1 Å². The van der Waals surface area contributed by atoms with Crippen molar-refractivity contribution in [3.8, 4) is 12.3 Å². The van der Waals surface area contributed by atoms with Crippen molar-refractivity contribution in [2.24, 2.45) is 0 Å².